The fourth-order valence-corrected chi connectivity index (χ4v) is 3.94. The molecule has 0 unspecified atom stereocenters. The molecule has 0 spiro atoms. The Balaban J connectivity index is 1.56. The molecule has 0 aliphatic carbocycles. The van der Waals surface area contributed by atoms with Crippen LogP contribution in [0, 0.1) is 5.92 Å². The molecule has 1 saturated heterocycles. The van der Waals surface area contributed by atoms with Gasteiger partial charge >= 0.3 is 0 Å². The molecule has 0 bridgehead atoms. The summed E-state index contributed by atoms with van der Waals surface area (Å²) in [6.45, 7) is 3.29. The van der Waals surface area contributed by atoms with Crippen molar-refractivity contribution >= 4 is 39.9 Å². The van der Waals surface area contributed by atoms with Gasteiger partial charge in [-0.15, -0.1) is 0 Å². The van der Waals surface area contributed by atoms with E-state index in [0.717, 1.165) is 35.2 Å². The largest absolute Gasteiger partial charge is 0.391 e. The van der Waals surface area contributed by atoms with Gasteiger partial charge in [-0.3, -0.25) is 4.79 Å². The molecule has 150 valence electrons. The Kier molecular flexibility index (Phi) is 5.69. The number of fused-ring (bicyclic) bond motifs is 1. The molecule has 2 aromatic carbocycles. The average molecular weight is 410 g/mol. The molecule has 2 heterocycles. The second-order valence-electron chi connectivity index (χ2n) is 7.63. The number of hydrogen-bond acceptors (Lipinski definition) is 4. The summed E-state index contributed by atoms with van der Waals surface area (Å²) in [6, 6.07) is 17.4. The van der Waals surface area contributed by atoms with Crippen LogP contribution in [0.1, 0.15) is 18.9 Å². The van der Waals surface area contributed by atoms with Crippen LogP contribution in [0.5, 0.6) is 0 Å². The maximum Gasteiger partial charge on any atom is 0.227 e. The highest BCUT2D eigenvalue weighted by Gasteiger charge is 2.22. The number of nitrogens with zero attached hydrogens (tertiary/aromatic N) is 2. The molecular formula is C23H24ClN3O2. The monoisotopic (exact) mass is 409 g/mol. The van der Waals surface area contributed by atoms with Crippen LogP contribution >= 0.6 is 11.6 Å². The minimum Gasteiger partial charge on any atom is -0.391 e. The molecule has 1 aliphatic rings. The van der Waals surface area contributed by atoms with E-state index in [2.05, 4.69) is 10.2 Å². The molecule has 1 amide bonds. The highest BCUT2D eigenvalue weighted by atomic mass is 35.5. The van der Waals surface area contributed by atoms with Crippen LogP contribution in [-0.4, -0.2) is 35.2 Å². The maximum absolute atomic E-state index is 12.8. The van der Waals surface area contributed by atoms with Gasteiger partial charge in [-0.2, -0.15) is 0 Å². The lowest BCUT2D eigenvalue weighted by Gasteiger charge is -2.18. The molecule has 1 aromatic heterocycles. The van der Waals surface area contributed by atoms with Crippen LogP contribution in [0.2, 0.25) is 5.02 Å². The first-order chi connectivity index (χ1) is 14.0. The van der Waals surface area contributed by atoms with Gasteiger partial charge in [0.05, 0.1) is 22.3 Å². The third-order valence-electron chi connectivity index (χ3n) is 5.37. The Morgan fingerprint density at radius 2 is 2.03 bits per heavy atom. The first kappa shape index (κ1) is 19.7. The SMILES string of the molecule is C[C@H](Cc1ccccc1)C(=O)Nc1c(Cl)ccc2nc(N3CC[C@@H](O)C3)ccc12. The Hall–Kier alpha value is -2.63. The molecule has 1 fully saturated rings. The van der Waals surface area contributed by atoms with Crippen LogP contribution in [0.25, 0.3) is 10.9 Å². The number of hydrogen-bond donors (Lipinski definition) is 2. The molecule has 5 nitrogen and oxygen atoms in total. The lowest BCUT2D eigenvalue weighted by Crippen LogP contribution is -2.23. The second-order valence-corrected chi connectivity index (χ2v) is 8.03. The zero-order valence-electron chi connectivity index (χ0n) is 16.3. The third-order valence-corrected chi connectivity index (χ3v) is 5.69. The van der Waals surface area contributed by atoms with Gasteiger partial charge in [-0.05, 0) is 42.7 Å². The first-order valence-corrected chi connectivity index (χ1v) is 10.3. The van der Waals surface area contributed by atoms with Crippen molar-refractivity contribution in [3.8, 4) is 0 Å². The molecule has 0 saturated carbocycles. The standard InChI is InChI=1S/C23H24ClN3O2/c1-15(13-16-5-3-2-4-6-16)23(29)26-22-18-7-10-21(27-12-11-17(28)14-27)25-20(18)9-8-19(22)24/h2-10,15,17,28H,11-14H2,1H3,(H,26,29)/t15-,17-/m1/s1. The average Bonchev–Trinajstić information content (AvgIpc) is 3.16. The van der Waals surface area contributed by atoms with E-state index in [1.807, 2.05) is 55.5 Å². The maximum atomic E-state index is 12.8. The normalized spacial score (nSPS) is 17.5. The molecule has 0 radical (unpaired) electrons. The van der Waals surface area contributed by atoms with Crippen LogP contribution < -0.4 is 10.2 Å². The number of rotatable bonds is 5. The van der Waals surface area contributed by atoms with E-state index in [4.69, 9.17) is 16.6 Å². The van der Waals surface area contributed by atoms with E-state index >= 15 is 0 Å². The minimum absolute atomic E-state index is 0.0741. The summed E-state index contributed by atoms with van der Waals surface area (Å²) >= 11 is 6.41. The van der Waals surface area contributed by atoms with E-state index in [1.165, 1.54) is 0 Å². The Morgan fingerprint density at radius 3 is 2.76 bits per heavy atom. The number of halogens is 1. The molecule has 4 rings (SSSR count). The van der Waals surface area contributed by atoms with Gasteiger partial charge < -0.3 is 15.3 Å². The summed E-state index contributed by atoms with van der Waals surface area (Å²) in [5.74, 6) is 0.558. The number of benzene rings is 2. The van der Waals surface area contributed by atoms with Crippen LogP contribution in [0.3, 0.4) is 0 Å². The van der Waals surface area contributed by atoms with Crippen molar-refractivity contribution in [1.29, 1.82) is 0 Å². The number of aromatic nitrogens is 1. The summed E-state index contributed by atoms with van der Waals surface area (Å²) in [7, 11) is 0. The fourth-order valence-electron chi connectivity index (χ4n) is 3.73. The zero-order valence-corrected chi connectivity index (χ0v) is 17.1. The van der Waals surface area contributed by atoms with Gasteiger partial charge in [0.2, 0.25) is 5.91 Å². The van der Waals surface area contributed by atoms with Gasteiger partial charge in [0.25, 0.3) is 0 Å². The smallest absolute Gasteiger partial charge is 0.227 e. The summed E-state index contributed by atoms with van der Waals surface area (Å²) in [5.41, 5.74) is 2.48. The Labute approximate surface area is 175 Å². The van der Waals surface area contributed by atoms with Crippen molar-refractivity contribution in [3.05, 3.63) is 65.2 Å². The van der Waals surface area contributed by atoms with E-state index in [-0.39, 0.29) is 17.9 Å². The summed E-state index contributed by atoms with van der Waals surface area (Å²) in [5, 5.41) is 14.1. The fraction of sp³-hybridized carbons (Fsp3) is 0.304. The van der Waals surface area contributed by atoms with Crippen molar-refractivity contribution in [1.82, 2.24) is 4.98 Å². The van der Waals surface area contributed by atoms with E-state index < -0.39 is 0 Å². The first-order valence-electron chi connectivity index (χ1n) is 9.88. The van der Waals surface area contributed by atoms with Crippen molar-refractivity contribution in [2.45, 2.75) is 25.9 Å². The topological polar surface area (TPSA) is 65.5 Å². The Morgan fingerprint density at radius 1 is 1.24 bits per heavy atom. The second kappa shape index (κ2) is 8.39. The van der Waals surface area contributed by atoms with Crippen molar-refractivity contribution in [2.24, 2.45) is 5.92 Å². The van der Waals surface area contributed by atoms with Gasteiger partial charge in [0, 0.05) is 24.4 Å². The lowest BCUT2D eigenvalue weighted by molar-refractivity contribution is -0.119. The van der Waals surface area contributed by atoms with E-state index in [1.54, 1.807) is 6.07 Å². The van der Waals surface area contributed by atoms with Crippen molar-refractivity contribution in [2.75, 3.05) is 23.3 Å². The number of amides is 1. The predicted octanol–water partition coefficient (Wildman–Crippen LogP) is 4.28. The quantitative estimate of drug-likeness (QED) is 0.660. The number of anilines is 2. The lowest BCUT2D eigenvalue weighted by atomic mass is 10.00. The predicted molar refractivity (Wildman–Crippen MR) is 118 cm³/mol. The number of β-amino-alcohol motifs (C(OH)–C–C–N with tert-alkyl or cyclic N) is 1. The molecule has 29 heavy (non-hydrogen) atoms. The highest BCUT2D eigenvalue weighted by Crippen LogP contribution is 2.33. The van der Waals surface area contributed by atoms with Gasteiger partial charge in [-0.1, -0.05) is 48.9 Å². The molecular weight excluding hydrogens is 386 g/mol. The molecule has 1 aliphatic heterocycles. The van der Waals surface area contributed by atoms with Gasteiger partial charge in [-0.25, -0.2) is 4.98 Å². The van der Waals surface area contributed by atoms with Crippen LogP contribution in [-0.2, 0) is 11.2 Å². The van der Waals surface area contributed by atoms with Gasteiger partial charge in [0.15, 0.2) is 0 Å². The highest BCUT2D eigenvalue weighted by molar-refractivity contribution is 6.35. The molecule has 6 heteroatoms. The number of aliphatic hydroxyl groups excluding tert-OH is 1. The number of carbonyl (C=O) groups is 1. The number of pyridine rings is 1. The summed E-state index contributed by atoms with van der Waals surface area (Å²) < 4.78 is 0. The van der Waals surface area contributed by atoms with Crippen LogP contribution in [0.4, 0.5) is 11.5 Å². The van der Waals surface area contributed by atoms with E-state index in [0.29, 0.717) is 23.7 Å². The van der Waals surface area contributed by atoms with Crippen molar-refractivity contribution < 1.29 is 9.90 Å². The van der Waals surface area contributed by atoms with E-state index in [9.17, 15) is 9.90 Å². The van der Waals surface area contributed by atoms with Gasteiger partial charge in [0.1, 0.15) is 5.82 Å². The number of carbonyl (C=O) groups excluding carboxylic acids is 1. The number of aliphatic hydroxyl groups is 1. The number of nitrogens with one attached hydrogen (secondary N) is 1. The van der Waals surface area contributed by atoms with Crippen LogP contribution in [0.15, 0.2) is 54.6 Å². The summed E-state index contributed by atoms with van der Waals surface area (Å²) in [6.07, 6.45) is 1.11. The summed E-state index contributed by atoms with van der Waals surface area (Å²) in [4.78, 5) is 19.6. The molecule has 2 N–H and O–H groups in total. The molecule has 3 aromatic rings. The molecule has 2 atom stereocenters. The van der Waals surface area contributed by atoms with Crippen molar-refractivity contribution in [3.63, 3.8) is 0 Å². The third kappa shape index (κ3) is 4.36. The minimum atomic E-state index is -0.307. The Bertz CT molecular complexity index is 1030. The zero-order chi connectivity index (χ0) is 20.4.